The minimum Gasteiger partial charge on any atom is -0.476 e. The van der Waals surface area contributed by atoms with Crippen molar-refractivity contribution < 1.29 is 13.2 Å². The van der Waals surface area contributed by atoms with E-state index in [1.807, 2.05) is 0 Å². The maximum atomic E-state index is 12.2. The van der Waals surface area contributed by atoms with Crippen LogP contribution in [0.25, 0.3) is 0 Å². The fourth-order valence-electron chi connectivity index (χ4n) is 1.52. The van der Waals surface area contributed by atoms with Crippen LogP contribution < -0.4 is 15.0 Å². The number of hydrogen-bond acceptors (Lipinski definition) is 5. The van der Waals surface area contributed by atoms with E-state index in [4.69, 9.17) is 16.3 Å². The molecule has 0 aliphatic rings. The van der Waals surface area contributed by atoms with Crippen LogP contribution in [-0.4, -0.2) is 25.0 Å². The third-order valence-electron chi connectivity index (χ3n) is 2.44. The van der Waals surface area contributed by atoms with Crippen molar-refractivity contribution in [3.05, 3.63) is 46.0 Å². The lowest BCUT2D eigenvalue weighted by atomic mass is 10.4. The second-order valence-corrected chi connectivity index (χ2v) is 6.00. The van der Waals surface area contributed by atoms with E-state index in [9.17, 15) is 13.2 Å². The number of aromatic nitrogens is 2. The van der Waals surface area contributed by atoms with Crippen molar-refractivity contribution >= 4 is 27.3 Å². The van der Waals surface area contributed by atoms with Crippen molar-refractivity contribution in [3.63, 3.8) is 0 Å². The largest absolute Gasteiger partial charge is 0.476 e. The smallest absolute Gasteiger partial charge is 0.266 e. The molecule has 112 valence electrons. The molecule has 0 aliphatic heterocycles. The zero-order valence-corrected chi connectivity index (χ0v) is 12.5. The molecule has 9 heteroatoms. The molecule has 0 unspecified atom stereocenters. The van der Waals surface area contributed by atoms with Gasteiger partial charge in [0, 0.05) is 12.4 Å². The number of sulfonamides is 1. The molecule has 0 aliphatic carbocycles. The molecule has 0 saturated carbocycles. The highest BCUT2D eigenvalue weighted by molar-refractivity contribution is 7.92. The predicted octanol–water partition coefficient (Wildman–Crippen LogP) is 1.62. The number of H-pyrrole nitrogens is 1. The Balaban J connectivity index is 2.37. The van der Waals surface area contributed by atoms with Crippen LogP contribution in [-0.2, 0) is 10.0 Å². The first-order chi connectivity index (χ1) is 9.94. The van der Waals surface area contributed by atoms with E-state index >= 15 is 0 Å². The lowest BCUT2D eigenvalue weighted by molar-refractivity contribution is 0.329. The first-order valence-electron chi connectivity index (χ1n) is 5.93. The maximum Gasteiger partial charge on any atom is 0.266 e. The summed E-state index contributed by atoms with van der Waals surface area (Å²) in [5.41, 5.74) is -0.367. The third-order valence-corrected chi connectivity index (χ3v) is 4.06. The molecule has 21 heavy (non-hydrogen) atoms. The number of hydrogen-bond donors (Lipinski definition) is 2. The van der Waals surface area contributed by atoms with Gasteiger partial charge in [0.05, 0.1) is 6.61 Å². The number of nitrogens with zero attached hydrogens (tertiary/aromatic N) is 1. The van der Waals surface area contributed by atoms with Crippen LogP contribution in [0.4, 0.5) is 5.69 Å². The van der Waals surface area contributed by atoms with Crippen LogP contribution >= 0.6 is 11.6 Å². The van der Waals surface area contributed by atoms with E-state index < -0.39 is 15.6 Å². The minimum atomic E-state index is -3.92. The van der Waals surface area contributed by atoms with E-state index in [1.54, 1.807) is 13.0 Å². The van der Waals surface area contributed by atoms with Gasteiger partial charge in [-0.1, -0.05) is 11.6 Å². The Morgan fingerprint density at radius 2 is 2.24 bits per heavy atom. The van der Waals surface area contributed by atoms with Gasteiger partial charge in [0.1, 0.15) is 15.6 Å². The number of ether oxygens (including phenoxy) is 1. The molecule has 0 radical (unpaired) electrons. The Morgan fingerprint density at radius 1 is 1.48 bits per heavy atom. The van der Waals surface area contributed by atoms with Crippen LogP contribution in [0, 0.1) is 0 Å². The Hall–Kier alpha value is -2.06. The average molecular weight is 330 g/mol. The van der Waals surface area contributed by atoms with Gasteiger partial charge in [-0.2, -0.15) is 0 Å². The van der Waals surface area contributed by atoms with Crippen LogP contribution in [0.2, 0.25) is 5.02 Å². The number of rotatable bonds is 5. The second-order valence-electron chi connectivity index (χ2n) is 3.91. The quantitative estimate of drug-likeness (QED) is 0.868. The van der Waals surface area contributed by atoms with E-state index in [0.717, 1.165) is 12.3 Å². The molecule has 2 heterocycles. The molecule has 2 aromatic heterocycles. The van der Waals surface area contributed by atoms with E-state index in [-0.39, 0.29) is 21.5 Å². The van der Waals surface area contributed by atoms with Crippen molar-refractivity contribution in [2.24, 2.45) is 0 Å². The third kappa shape index (κ3) is 3.53. The molecule has 0 fully saturated rings. The fraction of sp³-hybridized carbons (Fsp3) is 0.167. The topological polar surface area (TPSA) is 101 Å². The molecule has 0 atom stereocenters. The molecule has 0 saturated heterocycles. The second kappa shape index (κ2) is 6.15. The summed E-state index contributed by atoms with van der Waals surface area (Å²) >= 11 is 5.63. The zero-order chi connectivity index (χ0) is 15.5. The van der Waals surface area contributed by atoms with Gasteiger partial charge >= 0.3 is 0 Å². The van der Waals surface area contributed by atoms with E-state index in [0.29, 0.717) is 6.61 Å². The molecule has 2 rings (SSSR count). The molecular weight excluding hydrogens is 318 g/mol. The molecular formula is C12H12ClN3O4S. The molecule has 0 aromatic carbocycles. The van der Waals surface area contributed by atoms with E-state index in [1.165, 1.54) is 12.3 Å². The van der Waals surface area contributed by atoms with Gasteiger partial charge in [0.15, 0.2) is 0 Å². The van der Waals surface area contributed by atoms with Crippen LogP contribution in [0.15, 0.2) is 40.3 Å². The molecule has 2 N–H and O–H groups in total. The Morgan fingerprint density at radius 3 is 2.90 bits per heavy atom. The highest BCUT2D eigenvalue weighted by Crippen LogP contribution is 2.24. The molecule has 7 nitrogen and oxygen atoms in total. The summed E-state index contributed by atoms with van der Waals surface area (Å²) in [7, 11) is -3.92. The van der Waals surface area contributed by atoms with Crippen molar-refractivity contribution in [2.75, 3.05) is 11.3 Å². The fourth-order valence-corrected chi connectivity index (χ4v) is 2.80. The first kappa shape index (κ1) is 15.3. The van der Waals surface area contributed by atoms with Crippen molar-refractivity contribution in [1.82, 2.24) is 9.97 Å². The summed E-state index contributed by atoms with van der Waals surface area (Å²) in [4.78, 5) is 17.2. The van der Waals surface area contributed by atoms with Gasteiger partial charge in [0.2, 0.25) is 5.88 Å². The summed E-state index contributed by atoms with van der Waals surface area (Å²) in [6.45, 7) is 2.10. The molecule has 0 bridgehead atoms. The van der Waals surface area contributed by atoms with Gasteiger partial charge in [-0.15, -0.1) is 0 Å². The Labute approximate surface area is 126 Å². The monoisotopic (exact) mass is 329 g/mol. The van der Waals surface area contributed by atoms with Crippen molar-refractivity contribution in [3.8, 4) is 5.88 Å². The summed E-state index contributed by atoms with van der Waals surface area (Å²) in [6, 6.07) is 4.16. The molecule has 2 aromatic rings. The molecule has 0 spiro atoms. The zero-order valence-electron chi connectivity index (χ0n) is 11.0. The van der Waals surface area contributed by atoms with Crippen molar-refractivity contribution in [1.29, 1.82) is 0 Å². The highest BCUT2D eigenvalue weighted by atomic mass is 35.5. The number of aromatic amines is 1. The van der Waals surface area contributed by atoms with Crippen LogP contribution in [0.5, 0.6) is 5.88 Å². The standard InChI is InChI=1S/C12H12ClN3O4S/c1-2-20-12-10(4-3-5-14-12)16-21(18,19)8-6-9(13)11(17)15-7-8/h3-7,16H,2H2,1H3,(H,15,17). The average Bonchev–Trinajstić information content (AvgIpc) is 2.44. The predicted molar refractivity (Wildman–Crippen MR) is 78.3 cm³/mol. The highest BCUT2D eigenvalue weighted by Gasteiger charge is 2.18. The SMILES string of the molecule is CCOc1ncccc1NS(=O)(=O)c1c[nH]c(=O)c(Cl)c1. The van der Waals surface area contributed by atoms with Crippen LogP contribution in [0.3, 0.4) is 0 Å². The van der Waals surface area contributed by atoms with Crippen LogP contribution in [0.1, 0.15) is 6.92 Å². The normalized spacial score (nSPS) is 11.1. The molecule has 0 amide bonds. The summed E-state index contributed by atoms with van der Waals surface area (Å²) in [6.07, 6.45) is 2.55. The summed E-state index contributed by atoms with van der Waals surface area (Å²) < 4.78 is 32.1. The van der Waals surface area contributed by atoms with Crippen molar-refractivity contribution in [2.45, 2.75) is 11.8 Å². The number of nitrogens with one attached hydrogen (secondary N) is 2. The number of pyridine rings is 2. The Kier molecular flexibility index (Phi) is 4.49. The van der Waals surface area contributed by atoms with Gasteiger partial charge in [0.25, 0.3) is 15.6 Å². The number of halogens is 1. The number of anilines is 1. The maximum absolute atomic E-state index is 12.2. The Bertz CT molecular complexity index is 804. The summed E-state index contributed by atoms with van der Waals surface area (Å²) in [5, 5.41) is -0.214. The van der Waals surface area contributed by atoms with Gasteiger partial charge in [-0.05, 0) is 25.1 Å². The lowest BCUT2D eigenvalue weighted by Crippen LogP contribution is -2.16. The lowest BCUT2D eigenvalue weighted by Gasteiger charge is -2.11. The van der Waals surface area contributed by atoms with Gasteiger partial charge < -0.3 is 9.72 Å². The van der Waals surface area contributed by atoms with Gasteiger partial charge in [-0.25, -0.2) is 13.4 Å². The summed E-state index contributed by atoms with van der Waals surface area (Å²) in [5.74, 6) is 0.166. The first-order valence-corrected chi connectivity index (χ1v) is 7.79. The van der Waals surface area contributed by atoms with E-state index in [2.05, 4.69) is 14.7 Å². The minimum absolute atomic E-state index is 0.166. The van der Waals surface area contributed by atoms with Gasteiger partial charge in [-0.3, -0.25) is 9.52 Å².